The lowest BCUT2D eigenvalue weighted by atomic mass is 10.0. The second-order valence-corrected chi connectivity index (χ2v) is 5.08. The molecule has 0 N–H and O–H groups in total. The van der Waals surface area contributed by atoms with Crippen LogP contribution in [0.3, 0.4) is 0 Å². The second-order valence-electron chi connectivity index (χ2n) is 5.08. The topological polar surface area (TPSA) is 26.3 Å². The molecule has 0 fully saturated rings. The number of carbonyl (C=O) groups is 1. The normalized spacial score (nSPS) is 12.6. The highest BCUT2D eigenvalue weighted by atomic mass is 16.5. The Morgan fingerprint density at radius 1 is 0.889 bits per heavy atom. The molecule has 2 nitrogen and oxygen atoms in total. The van der Waals surface area contributed by atoms with Crippen molar-refractivity contribution in [3.05, 3.63) is 0 Å². The molecule has 0 aliphatic heterocycles. The van der Waals surface area contributed by atoms with E-state index >= 15 is 0 Å². The van der Waals surface area contributed by atoms with Gasteiger partial charge in [-0.1, -0.05) is 58.3 Å². The van der Waals surface area contributed by atoms with Crippen LogP contribution < -0.4 is 0 Å². The van der Waals surface area contributed by atoms with Gasteiger partial charge in [-0.3, -0.25) is 0 Å². The summed E-state index contributed by atoms with van der Waals surface area (Å²) in [5.74, 6) is 0. The minimum Gasteiger partial charge on any atom is -0.378 e. The third-order valence-electron chi connectivity index (χ3n) is 3.39. The molecule has 0 aliphatic rings. The summed E-state index contributed by atoms with van der Waals surface area (Å²) in [7, 11) is 0. The Hall–Kier alpha value is -0.370. The molecule has 0 bridgehead atoms. The SMILES string of the molecule is CCCCCCCCCCC(CCC=O)OCC. The van der Waals surface area contributed by atoms with Gasteiger partial charge in [0.15, 0.2) is 0 Å². The maximum Gasteiger partial charge on any atom is 0.120 e. The highest BCUT2D eigenvalue weighted by Gasteiger charge is 2.07. The van der Waals surface area contributed by atoms with Gasteiger partial charge >= 0.3 is 0 Å². The number of hydrogen-bond acceptors (Lipinski definition) is 2. The molecular formula is C16H32O2. The summed E-state index contributed by atoms with van der Waals surface area (Å²) >= 11 is 0. The summed E-state index contributed by atoms with van der Waals surface area (Å²) in [6.07, 6.45) is 14.8. The van der Waals surface area contributed by atoms with E-state index in [1.807, 2.05) is 6.92 Å². The molecule has 18 heavy (non-hydrogen) atoms. The molecule has 0 aliphatic carbocycles. The van der Waals surface area contributed by atoms with Crippen LogP contribution in [-0.2, 0) is 9.53 Å². The lowest BCUT2D eigenvalue weighted by Gasteiger charge is -2.15. The van der Waals surface area contributed by atoms with Crippen molar-refractivity contribution in [2.45, 2.75) is 90.6 Å². The summed E-state index contributed by atoms with van der Waals surface area (Å²) in [6.45, 7) is 5.05. The van der Waals surface area contributed by atoms with Gasteiger partial charge in [-0.2, -0.15) is 0 Å². The first-order valence-electron chi connectivity index (χ1n) is 7.90. The summed E-state index contributed by atoms with van der Waals surface area (Å²) in [4.78, 5) is 10.4. The van der Waals surface area contributed by atoms with Gasteiger partial charge in [0.05, 0.1) is 6.10 Å². The number of ether oxygens (including phenoxy) is 1. The van der Waals surface area contributed by atoms with Gasteiger partial charge in [0.25, 0.3) is 0 Å². The Bertz CT molecular complexity index is 168. The van der Waals surface area contributed by atoms with Crippen molar-refractivity contribution in [2.24, 2.45) is 0 Å². The molecule has 0 amide bonds. The smallest absolute Gasteiger partial charge is 0.120 e. The van der Waals surface area contributed by atoms with Crippen molar-refractivity contribution in [3.8, 4) is 0 Å². The van der Waals surface area contributed by atoms with Gasteiger partial charge in [0.2, 0.25) is 0 Å². The molecule has 1 atom stereocenters. The molecule has 0 rings (SSSR count). The average molecular weight is 256 g/mol. The number of carbonyl (C=O) groups excluding carboxylic acids is 1. The van der Waals surface area contributed by atoms with Crippen LogP contribution in [0.1, 0.15) is 84.5 Å². The third kappa shape index (κ3) is 12.1. The minimum atomic E-state index is 0.306. The van der Waals surface area contributed by atoms with E-state index in [-0.39, 0.29) is 0 Å². The molecular weight excluding hydrogens is 224 g/mol. The molecule has 0 saturated heterocycles. The number of aldehydes is 1. The fourth-order valence-electron chi connectivity index (χ4n) is 2.31. The zero-order chi connectivity index (χ0) is 13.5. The van der Waals surface area contributed by atoms with Crippen molar-refractivity contribution in [1.29, 1.82) is 0 Å². The van der Waals surface area contributed by atoms with Crippen LogP contribution >= 0.6 is 0 Å². The van der Waals surface area contributed by atoms with Crippen LogP contribution in [0.4, 0.5) is 0 Å². The minimum absolute atomic E-state index is 0.306. The van der Waals surface area contributed by atoms with Gasteiger partial charge in [0.1, 0.15) is 6.29 Å². The van der Waals surface area contributed by atoms with Crippen molar-refractivity contribution in [2.75, 3.05) is 6.61 Å². The molecule has 0 spiro atoms. The second kappa shape index (κ2) is 14.7. The summed E-state index contributed by atoms with van der Waals surface area (Å²) in [6, 6.07) is 0. The third-order valence-corrected chi connectivity index (χ3v) is 3.39. The predicted molar refractivity (Wildman–Crippen MR) is 77.9 cm³/mol. The summed E-state index contributed by atoms with van der Waals surface area (Å²) in [5, 5.41) is 0. The van der Waals surface area contributed by atoms with Crippen molar-refractivity contribution in [3.63, 3.8) is 0 Å². The van der Waals surface area contributed by atoms with Gasteiger partial charge in [-0.25, -0.2) is 0 Å². The molecule has 2 heteroatoms. The van der Waals surface area contributed by atoms with Gasteiger partial charge in [0, 0.05) is 13.0 Å². The summed E-state index contributed by atoms with van der Waals surface area (Å²) in [5.41, 5.74) is 0. The van der Waals surface area contributed by atoms with E-state index in [1.54, 1.807) is 0 Å². The van der Waals surface area contributed by atoms with Crippen LogP contribution in [0.5, 0.6) is 0 Å². The Balaban J connectivity index is 3.34. The highest BCUT2D eigenvalue weighted by Crippen LogP contribution is 2.14. The van der Waals surface area contributed by atoms with Crippen molar-refractivity contribution < 1.29 is 9.53 Å². The Labute approximate surface area is 113 Å². The predicted octanol–water partition coefficient (Wildman–Crippen LogP) is 4.90. The standard InChI is InChI=1S/C16H32O2/c1-3-5-6-7-8-9-10-11-13-16(18-4-2)14-12-15-17/h15-16H,3-14H2,1-2H3. The number of hydrogen-bond donors (Lipinski definition) is 0. The highest BCUT2D eigenvalue weighted by molar-refractivity contribution is 5.49. The summed E-state index contributed by atoms with van der Waals surface area (Å²) < 4.78 is 5.64. The maximum absolute atomic E-state index is 10.4. The quantitative estimate of drug-likeness (QED) is 0.326. The molecule has 0 aromatic carbocycles. The van der Waals surface area contributed by atoms with Gasteiger partial charge in [-0.15, -0.1) is 0 Å². The fraction of sp³-hybridized carbons (Fsp3) is 0.938. The van der Waals surface area contributed by atoms with E-state index in [1.165, 1.54) is 51.4 Å². The fourth-order valence-corrected chi connectivity index (χ4v) is 2.31. The Morgan fingerprint density at radius 2 is 1.50 bits per heavy atom. The Kier molecular flexibility index (Phi) is 14.4. The first kappa shape index (κ1) is 17.6. The zero-order valence-corrected chi connectivity index (χ0v) is 12.5. The monoisotopic (exact) mass is 256 g/mol. The van der Waals surface area contributed by atoms with E-state index in [0.717, 1.165) is 25.7 Å². The molecule has 0 heterocycles. The van der Waals surface area contributed by atoms with Gasteiger partial charge < -0.3 is 9.53 Å². The lowest BCUT2D eigenvalue weighted by molar-refractivity contribution is -0.108. The van der Waals surface area contributed by atoms with Gasteiger partial charge in [-0.05, 0) is 19.8 Å². The van der Waals surface area contributed by atoms with E-state index in [4.69, 9.17) is 4.74 Å². The first-order valence-corrected chi connectivity index (χ1v) is 7.90. The molecule has 0 aromatic heterocycles. The molecule has 0 radical (unpaired) electrons. The van der Waals surface area contributed by atoms with Crippen molar-refractivity contribution in [1.82, 2.24) is 0 Å². The van der Waals surface area contributed by atoms with E-state index < -0.39 is 0 Å². The number of unbranched alkanes of at least 4 members (excludes halogenated alkanes) is 7. The lowest BCUT2D eigenvalue weighted by Crippen LogP contribution is -2.13. The molecule has 0 saturated carbocycles. The number of rotatable bonds is 14. The van der Waals surface area contributed by atoms with Crippen LogP contribution in [0.25, 0.3) is 0 Å². The maximum atomic E-state index is 10.4. The average Bonchev–Trinajstić information content (AvgIpc) is 2.39. The van der Waals surface area contributed by atoms with Crippen LogP contribution in [0, 0.1) is 0 Å². The Morgan fingerprint density at radius 3 is 2.06 bits per heavy atom. The molecule has 108 valence electrons. The zero-order valence-electron chi connectivity index (χ0n) is 12.5. The van der Waals surface area contributed by atoms with E-state index in [0.29, 0.717) is 12.5 Å². The van der Waals surface area contributed by atoms with Crippen LogP contribution in [0.2, 0.25) is 0 Å². The van der Waals surface area contributed by atoms with E-state index in [2.05, 4.69) is 6.92 Å². The van der Waals surface area contributed by atoms with Crippen LogP contribution in [0.15, 0.2) is 0 Å². The van der Waals surface area contributed by atoms with E-state index in [9.17, 15) is 4.79 Å². The largest absolute Gasteiger partial charge is 0.378 e. The van der Waals surface area contributed by atoms with Crippen molar-refractivity contribution >= 4 is 6.29 Å². The molecule has 0 aromatic rings. The molecule has 1 unspecified atom stereocenters. The first-order chi connectivity index (χ1) is 8.85. The van der Waals surface area contributed by atoms with Crippen LogP contribution in [-0.4, -0.2) is 19.0 Å².